The van der Waals surface area contributed by atoms with Gasteiger partial charge in [-0.1, -0.05) is 205 Å². The number of aliphatic hydroxyl groups excluding tert-OH is 2. The molecule has 0 aromatic rings. The maximum absolute atomic E-state index is 11.1. The third kappa shape index (κ3) is 33.9. The Labute approximate surface area is 269 Å². The van der Waals surface area contributed by atoms with Crippen molar-refractivity contribution in [3.05, 3.63) is 12.2 Å². The molecular formula is C39H77NO3. The molecule has 0 spiro atoms. The second-order valence-electron chi connectivity index (χ2n) is 13.5. The van der Waals surface area contributed by atoms with Gasteiger partial charge in [0.25, 0.3) is 0 Å². The molecule has 0 fully saturated rings. The molecule has 0 aliphatic heterocycles. The Morgan fingerprint density at radius 3 is 1.07 bits per heavy atom. The number of nitrogens with one attached hydrogen (secondary N) is 1. The van der Waals surface area contributed by atoms with Crippen LogP contribution in [0, 0.1) is 0 Å². The highest BCUT2D eigenvalue weighted by Gasteiger charge is 2.16. The van der Waals surface area contributed by atoms with E-state index in [1.165, 1.54) is 193 Å². The molecule has 0 bridgehead atoms. The molecule has 0 saturated heterocycles. The van der Waals surface area contributed by atoms with Crippen LogP contribution in [-0.4, -0.2) is 34.9 Å². The number of carbonyl (C=O) groups is 1. The molecule has 0 aromatic carbocycles. The normalized spacial score (nSPS) is 13.1. The number of rotatable bonds is 35. The van der Waals surface area contributed by atoms with Crippen molar-refractivity contribution in [3.8, 4) is 0 Å². The average Bonchev–Trinajstić information content (AvgIpc) is 3.00. The van der Waals surface area contributed by atoms with Crippen LogP contribution in [0.3, 0.4) is 0 Å². The largest absolute Gasteiger partial charge is 0.394 e. The van der Waals surface area contributed by atoms with Gasteiger partial charge in [-0.2, -0.15) is 0 Å². The number of hydrogen-bond acceptors (Lipinski definition) is 3. The Hall–Kier alpha value is -0.870. The summed E-state index contributed by atoms with van der Waals surface area (Å²) in [5.74, 6) is -0.238. The minimum absolute atomic E-state index is 0.238. The van der Waals surface area contributed by atoms with Crippen molar-refractivity contribution in [3.63, 3.8) is 0 Å². The zero-order valence-corrected chi connectivity index (χ0v) is 29.2. The lowest BCUT2D eigenvalue weighted by Crippen LogP contribution is -2.44. The third-order valence-electron chi connectivity index (χ3n) is 9.06. The van der Waals surface area contributed by atoms with E-state index >= 15 is 0 Å². The lowest BCUT2D eigenvalue weighted by atomic mass is 10.0. The van der Waals surface area contributed by atoms with Crippen LogP contribution < -0.4 is 5.32 Å². The number of hydrogen-bond donors (Lipinski definition) is 3. The van der Waals surface area contributed by atoms with Gasteiger partial charge in [0.05, 0.1) is 18.8 Å². The first kappa shape index (κ1) is 42.1. The number of aliphatic hydroxyl groups is 2. The summed E-state index contributed by atoms with van der Waals surface area (Å²) in [4.78, 5) is 11.1. The highest BCUT2D eigenvalue weighted by molar-refractivity contribution is 5.73. The summed E-state index contributed by atoms with van der Waals surface area (Å²) in [6, 6.07) is -0.618. The summed E-state index contributed by atoms with van der Waals surface area (Å²) >= 11 is 0. The first-order valence-corrected chi connectivity index (χ1v) is 19.3. The maximum atomic E-state index is 11.1. The van der Waals surface area contributed by atoms with Gasteiger partial charge < -0.3 is 15.5 Å². The maximum Gasteiger partial charge on any atom is 0.217 e. The number of amides is 1. The van der Waals surface area contributed by atoms with Crippen LogP contribution >= 0.6 is 0 Å². The van der Waals surface area contributed by atoms with Gasteiger partial charge in [0.2, 0.25) is 5.91 Å². The van der Waals surface area contributed by atoms with E-state index in [9.17, 15) is 15.0 Å². The Bertz CT molecular complexity index is 579. The molecule has 3 N–H and O–H groups in total. The molecule has 0 aliphatic rings. The summed E-state index contributed by atoms with van der Waals surface area (Å²) in [7, 11) is 0. The first-order chi connectivity index (χ1) is 21.1. The third-order valence-corrected chi connectivity index (χ3v) is 9.06. The molecule has 2 atom stereocenters. The Kier molecular flexibility index (Phi) is 34.9. The number of allylic oxidation sites excluding steroid dienone is 1. The van der Waals surface area contributed by atoms with E-state index in [-0.39, 0.29) is 12.5 Å². The van der Waals surface area contributed by atoms with Gasteiger partial charge >= 0.3 is 0 Å². The number of unbranched alkanes of at least 4 members (excludes halogenated alkanes) is 30. The quantitative estimate of drug-likeness (QED) is 0.0496. The smallest absolute Gasteiger partial charge is 0.217 e. The molecule has 0 aliphatic carbocycles. The van der Waals surface area contributed by atoms with Crippen LogP contribution in [0.4, 0.5) is 0 Å². The topological polar surface area (TPSA) is 69.6 Å². The van der Waals surface area contributed by atoms with Crippen LogP contribution in [-0.2, 0) is 4.79 Å². The van der Waals surface area contributed by atoms with Crippen LogP contribution in [0.2, 0.25) is 0 Å². The van der Waals surface area contributed by atoms with Crippen LogP contribution in [0.1, 0.15) is 213 Å². The summed E-state index contributed by atoms with van der Waals surface area (Å²) < 4.78 is 0. The van der Waals surface area contributed by atoms with Gasteiger partial charge in [-0.15, -0.1) is 0 Å². The molecule has 2 unspecified atom stereocenters. The van der Waals surface area contributed by atoms with Gasteiger partial charge in [-0.25, -0.2) is 0 Å². The second kappa shape index (κ2) is 35.6. The lowest BCUT2D eigenvalue weighted by molar-refractivity contribution is -0.120. The van der Waals surface area contributed by atoms with Crippen molar-refractivity contribution in [2.24, 2.45) is 0 Å². The highest BCUT2D eigenvalue weighted by atomic mass is 16.3. The van der Waals surface area contributed by atoms with Gasteiger partial charge in [0.1, 0.15) is 0 Å². The standard InChI is InChI=1S/C39H77NO3/c1-3-4-5-6-7-8-9-10-11-12-13-14-15-16-17-18-19-20-21-22-23-24-25-26-27-28-29-30-31-32-33-34-35-39(43)38(36-41)40-37(2)42/h34-35,38-39,41,43H,3-33,36H2,1-2H3,(H,40,42)/b35-34+. The van der Waals surface area contributed by atoms with Crippen molar-refractivity contribution in [1.29, 1.82) is 0 Å². The fraction of sp³-hybridized carbons (Fsp3) is 0.923. The molecular weight excluding hydrogens is 530 g/mol. The van der Waals surface area contributed by atoms with Crippen LogP contribution in [0.15, 0.2) is 12.2 Å². The summed E-state index contributed by atoms with van der Waals surface area (Å²) in [5, 5.41) is 21.8. The first-order valence-electron chi connectivity index (χ1n) is 19.3. The predicted octanol–water partition coefficient (Wildman–Crippen LogP) is 11.5. The van der Waals surface area contributed by atoms with E-state index in [0.717, 1.165) is 12.8 Å². The van der Waals surface area contributed by atoms with Gasteiger partial charge in [0.15, 0.2) is 0 Å². The molecule has 0 radical (unpaired) electrons. The fourth-order valence-corrected chi connectivity index (χ4v) is 6.16. The van der Waals surface area contributed by atoms with Crippen LogP contribution in [0.25, 0.3) is 0 Å². The molecule has 4 heteroatoms. The monoisotopic (exact) mass is 608 g/mol. The van der Waals surface area contributed by atoms with Gasteiger partial charge in [-0.05, 0) is 12.8 Å². The summed E-state index contributed by atoms with van der Waals surface area (Å²) in [6.07, 6.45) is 46.4. The van der Waals surface area contributed by atoms with Crippen molar-refractivity contribution in [2.45, 2.75) is 225 Å². The second-order valence-corrected chi connectivity index (χ2v) is 13.5. The average molecular weight is 608 g/mol. The van der Waals surface area contributed by atoms with E-state index < -0.39 is 12.1 Å². The Balaban J connectivity index is 3.19. The molecule has 4 nitrogen and oxygen atoms in total. The Morgan fingerprint density at radius 2 is 0.814 bits per heavy atom. The molecule has 0 heterocycles. The minimum Gasteiger partial charge on any atom is -0.394 e. The Morgan fingerprint density at radius 1 is 0.535 bits per heavy atom. The zero-order valence-electron chi connectivity index (χ0n) is 29.2. The highest BCUT2D eigenvalue weighted by Crippen LogP contribution is 2.16. The minimum atomic E-state index is -0.831. The molecule has 256 valence electrons. The van der Waals surface area contributed by atoms with Crippen molar-refractivity contribution < 1.29 is 15.0 Å². The molecule has 1 amide bonds. The predicted molar refractivity (Wildman–Crippen MR) is 189 cm³/mol. The zero-order chi connectivity index (χ0) is 31.5. The van der Waals surface area contributed by atoms with Crippen molar-refractivity contribution in [1.82, 2.24) is 5.32 Å². The fourth-order valence-electron chi connectivity index (χ4n) is 6.16. The van der Waals surface area contributed by atoms with Gasteiger partial charge in [-0.3, -0.25) is 4.79 Å². The van der Waals surface area contributed by atoms with Crippen molar-refractivity contribution in [2.75, 3.05) is 6.61 Å². The van der Waals surface area contributed by atoms with E-state index in [4.69, 9.17) is 0 Å². The molecule has 0 rings (SSSR count). The van der Waals surface area contributed by atoms with Gasteiger partial charge in [0, 0.05) is 6.92 Å². The molecule has 0 saturated carbocycles. The number of carbonyl (C=O) groups excluding carboxylic acids is 1. The van der Waals surface area contributed by atoms with Crippen molar-refractivity contribution >= 4 is 5.91 Å². The molecule has 0 aromatic heterocycles. The SMILES string of the molecule is CCCCCCCCCCCCCCCCCCCCCCCCCCCCCCCC/C=C/C(O)C(CO)NC(C)=O. The lowest BCUT2D eigenvalue weighted by Gasteiger charge is -2.18. The van der Waals surface area contributed by atoms with Crippen LogP contribution in [0.5, 0.6) is 0 Å². The van der Waals surface area contributed by atoms with E-state index in [0.29, 0.717) is 0 Å². The van der Waals surface area contributed by atoms with E-state index in [1.807, 2.05) is 6.08 Å². The summed E-state index contributed by atoms with van der Waals surface area (Å²) in [5.41, 5.74) is 0. The van der Waals surface area contributed by atoms with E-state index in [2.05, 4.69) is 12.2 Å². The van der Waals surface area contributed by atoms with E-state index in [1.54, 1.807) is 6.08 Å². The molecule has 43 heavy (non-hydrogen) atoms. The summed E-state index contributed by atoms with van der Waals surface area (Å²) in [6.45, 7) is 3.43.